The smallest absolute Gasteiger partial charge is 0.400 e. The molecule has 96 valence electrons. The molecule has 2 bridgehead atoms. The van der Waals surface area contributed by atoms with Crippen molar-refractivity contribution < 1.29 is 23.8 Å². The zero-order chi connectivity index (χ0) is 12.4. The Hall–Kier alpha value is -1.47. The molecule has 0 amide bonds. The SMILES string of the molecule is O=C1OC2(CC3(C4N=CCO4)CCN2C3)OC1=O. The lowest BCUT2D eigenvalue weighted by Crippen LogP contribution is -2.47. The summed E-state index contributed by atoms with van der Waals surface area (Å²) in [7, 11) is 0. The molecule has 7 nitrogen and oxygen atoms in total. The minimum atomic E-state index is -1.20. The van der Waals surface area contributed by atoms with E-state index < -0.39 is 17.8 Å². The summed E-state index contributed by atoms with van der Waals surface area (Å²) < 4.78 is 15.9. The van der Waals surface area contributed by atoms with E-state index in [1.54, 1.807) is 6.21 Å². The number of nitrogens with zero attached hydrogens (tertiary/aromatic N) is 2. The van der Waals surface area contributed by atoms with Crippen LogP contribution in [-0.4, -0.2) is 54.9 Å². The maximum Gasteiger partial charge on any atom is 0.421 e. The molecule has 4 rings (SSSR count). The third-order valence-corrected chi connectivity index (χ3v) is 4.21. The van der Waals surface area contributed by atoms with Crippen molar-refractivity contribution >= 4 is 18.2 Å². The molecule has 3 unspecified atom stereocenters. The van der Waals surface area contributed by atoms with Gasteiger partial charge in [0.15, 0.2) is 6.23 Å². The molecular weight excluding hydrogens is 240 g/mol. The van der Waals surface area contributed by atoms with E-state index in [2.05, 4.69) is 4.99 Å². The Bertz CT molecular complexity index is 460. The lowest BCUT2D eigenvalue weighted by molar-refractivity contribution is -0.243. The summed E-state index contributed by atoms with van der Waals surface area (Å²) in [6.07, 6.45) is 2.88. The first kappa shape index (κ1) is 10.5. The minimum Gasteiger partial charge on any atom is -0.400 e. The van der Waals surface area contributed by atoms with Crippen molar-refractivity contribution in [3.63, 3.8) is 0 Å². The van der Waals surface area contributed by atoms with Crippen molar-refractivity contribution in [2.45, 2.75) is 25.0 Å². The monoisotopic (exact) mass is 252 g/mol. The third kappa shape index (κ3) is 1.13. The lowest BCUT2D eigenvalue weighted by atomic mass is 9.81. The second kappa shape index (κ2) is 3.10. The Morgan fingerprint density at radius 3 is 2.78 bits per heavy atom. The second-order valence-electron chi connectivity index (χ2n) is 5.22. The molecule has 0 aromatic rings. The summed E-state index contributed by atoms with van der Waals surface area (Å²) in [6, 6.07) is 0. The first-order chi connectivity index (χ1) is 8.64. The van der Waals surface area contributed by atoms with Gasteiger partial charge < -0.3 is 14.2 Å². The van der Waals surface area contributed by atoms with E-state index in [4.69, 9.17) is 14.2 Å². The van der Waals surface area contributed by atoms with Gasteiger partial charge in [-0.3, -0.25) is 4.99 Å². The molecule has 0 saturated carbocycles. The van der Waals surface area contributed by atoms with Gasteiger partial charge in [0.2, 0.25) is 0 Å². The molecule has 0 aliphatic carbocycles. The number of esters is 2. The molecule has 3 fully saturated rings. The average molecular weight is 252 g/mol. The Kier molecular flexibility index (Phi) is 1.80. The van der Waals surface area contributed by atoms with Gasteiger partial charge in [-0.05, 0) is 6.42 Å². The van der Waals surface area contributed by atoms with Crippen LogP contribution < -0.4 is 0 Å². The summed E-state index contributed by atoms with van der Waals surface area (Å²) in [5.41, 5.74) is -0.210. The van der Waals surface area contributed by atoms with Crippen LogP contribution in [0.5, 0.6) is 0 Å². The molecule has 0 radical (unpaired) electrons. The van der Waals surface area contributed by atoms with E-state index in [0.717, 1.165) is 13.0 Å². The van der Waals surface area contributed by atoms with Crippen LogP contribution in [0, 0.1) is 5.41 Å². The highest BCUT2D eigenvalue weighted by molar-refractivity contribution is 6.31. The Morgan fingerprint density at radius 2 is 2.11 bits per heavy atom. The van der Waals surface area contributed by atoms with Crippen LogP contribution in [0.3, 0.4) is 0 Å². The molecule has 0 aromatic heterocycles. The standard InChI is InChI=1S/C11H12N2O5/c14-7-8(15)18-11(17-7)5-10(1-3-13(11)6-10)9-12-2-4-16-9/h2,9H,1,3-6H2. The van der Waals surface area contributed by atoms with E-state index in [9.17, 15) is 9.59 Å². The van der Waals surface area contributed by atoms with Crippen molar-refractivity contribution in [3.8, 4) is 0 Å². The number of ether oxygens (including phenoxy) is 3. The first-order valence-electron chi connectivity index (χ1n) is 5.98. The fraction of sp³-hybridized carbons (Fsp3) is 0.727. The topological polar surface area (TPSA) is 77.4 Å². The normalized spacial score (nSPS) is 43.8. The summed E-state index contributed by atoms with van der Waals surface area (Å²) in [4.78, 5) is 28.7. The van der Waals surface area contributed by atoms with E-state index in [1.165, 1.54) is 0 Å². The number of piperidine rings is 1. The molecule has 4 aliphatic heterocycles. The highest BCUT2D eigenvalue weighted by atomic mass is 16.8. The van der Waals surface area contributed by atoms with Crippen LogP contribution in [0.2, 0.25) is 0 Å². The Labute approximate surface area is 103 Å². The van der Waals surface area contributed by atoms with Gasteiger partial charge in [-0.25, -0.2) is 14.5 Å². The Morgan fingerprint density at radius 1 is 1.33 bits per heavy atom. The highest BCUT2D eigenvalue weighted by Gasteiger charge is 2.68. The van der Waals surface area contributed by atoms with Gasteiger partial charge in [0.25, 0.3) is 0 Å². The van der Waals surface area contributed by atoms with Gasteiger partial charge >= 0.3 is 17.8 Å². The molecule has 3 saturated heterocycles. The summed E-state index contributed by atoms with van der Waals surface area (Å²) >= 11 is 0. The largest absolute Gasteiger partial charge is 0.421 e. The number of aliphatic imine (C=N–C) groups is 1. The number of carbonyl (C=O) groups is 2. The molecular formula is C11H12N2O5. The van der Waals surface area contributed by atoms with Gasteiger partial charge in [0, 0.05) is 24.7 Å². The summed E-state index contributed by atoms with van der Waals surface area (Å²) in [5.74, 6) is -3.02. The van der Waals surface area contributed by atoms with Crippen molar-refractivity contribution in [2.24, 2.45) is 10.4 Å². The maximum absolute atomic E-state index is 11.3. The van der Waals surface area contributed by atoms with Crippen LogP contribution in [0.1, 0.15) is 12.8 Å². The predicted octanol–water partition coefficient (Wildman–Crippen LogP) is -0.737. The van der Waals surface area contributed by atoms with E-state index in [1.807, 2.05) is 4.90 Å². The molecule has 0 N–H and O–H groups in total. The number of carbonyl (C=O) groups excluding carboxylic acids is 2. The van der Waals surface area contributed by atoms with E-state index in [-0.39, 0.29) is 11.6 Å². The molecule has 7 heteroatoms. The fourth-order valence-electron chi connectivity index (χ4n) is 3.42. The predicted molar refractivity (Wildman–Crippen MR) is 56.4 cm³/mol. The van der Waals surface area contributed by atoms with Crippen molar-refractivity contribution in [1.29, 1.82) is 0 Å². The van der Waals surface area contributed by atoms with Gasteiger partial charge in [-0.1, -0.05) is 0 Å². The fourth-order valence-corrected chi connectivity index (χ4v) is 3.42. The summed E-state index contributed by atoms with van der Waals surface area (Å²) in [6.45, 7) is 1.91. The van der Waals surface area contributed by atoms with Crippen LogP contribution >= 0.6 is 0 Å². The number of hydrogen-bond acceptors (Lipinski definition) is 7. The van der Waals surface area contributed by atoms with E-state index in [0.29, 0.717) is 19.6 Å². The van der Waals surface area contributed by atoms with E-state index >= 15 is 0 Å². The second-order valence-corrected chi connectivity index (χ2v) is 5.22. The van der Waals surface area contributed by atoms with Crippen molar-refractivity contribution in [1.82, 2.24) is 4.90 Å². The first-order valence-corrected chi connectivity index (χ1v) is 5.98. The average Bonchev–Trinajstić information content (AvgIpc) is 3.05. The van der Waals surface area contributed by atoms with Crippen LogP contribution in [-0.2, 0) is 23.8 Å². The molecule has 4 aliphatic rings. The number of fused-ring (bicyclic) bond motifs is 3. The van der Waals surface area contributed by atoms with Gasteiger partial charge in [-0.15, -0.1) is 0 Å². The van der Waals surface area contributed by atoms with Crippen molar-refractivity contribution in [3.05, 3.63) is 0 Å². The highest BCUT2D eigenvalue weighted by Crippen LogP contribution is 2.55. The number of rotatable bonds is 1. The van der Waals surface area contributed by atoms with Crippen molar-refractivity contribution in [2.75, 3.05) is 19.7 Å². The van der Waals surface area contributed by atoms with Crippen LogP contribution in [0.25, 0.3) is 0 Å². The molecule has 18 heavy (non-hydrogen) atoms. The zero-order valence-electron chi connectivity index (χ0n) is 9.63. The molecule has 1 spiro atoms. The zero-order valence-corrected chi connectivity index (χ0v) is 9.63. The molecule has 3 atom stereocenters. The summed E-state index contributed by atoms with van der Waals surface area (Å²) in [5, 5.41) is 0. The van der Waals surface area contributed by atoms with Gasteiger partial charge in [-0.2, -0.15) is 0 Å². The minimum absolute atomic E-state index is 0.210. The van der Waals surface area contributed by atoms with Gasteiger partial charge in [0.1, 0.15) is 0 Å². The molecule has 0 aromatic carbocycles. The third-order valence-electron chi connectivity index (χ3n) is 4.21. The lowest BCUT2D eigenvalue weighted by Gasteiger charge is -2.35. The maximum atomic E-state index is 11.3. The Balaban J connectivity index is 1.66. The van der Waals surface area contributed by atoms with Crippen LogP contribution in [0.15, 0.2) is 4.99 Å². The van der Waals surface area contributed by atoms with Crippen LogP contribution in [0.4, 0.5) is 0 Å². The quantitative estimate of drug-likeness (QED) is 0.452. The molecule has 4 heterocycles. The van der Waals surface area contributed by atoms with Gasteiger partial charge in [0.05, 0.1) is 13.0 Å². The number of hydrogen-bond donors (Lipinski definition) is 0.